The SMILES string of the molecule is C=CC(C)=O.CCCP(C1CCCCC1)C1CCCCC1.CN(C)CCN(C)C.[CH2-]CC(=O)O.[Ni+3]. The van der Waals surface area contributed by atoms with Crippen LogP contribution in [0.25, 0.3) is 0 Å². The molecule has 0 bridgehead atoms. The molecule has 2 fully saturated rings. The minimum atomic E-state index is -0.856. The summed E-state index contributed by atoms with van der Waals surface area (Å²) in [6.07, 6.45) is 19.8. The van der Waals surface area contributed by atoms with Gasteiger partial charge in [-0.3, -0.25) is 9.59 Å². The average molecular weight is 558 g/mol. The van der Waals surface area contributed by atoms with E-state index in [1.807, 2.05) is 0 Å². The van der Waals surface area contributed by atoms with Crippen LogP contribution in [-0.2, 0) is 26.1 Å². The molecule has 0 heterocycles. The van der Waals surface area contributed by atoms with Gasteiger partial charge in [-0.25, -0.2) is 0 Å². The summed E-state index contributed by atoms with van der Waals surface area (Å²) in [5.41, 5.74) is 2.35. The van der Waals surface area contributed by atoms with Gasteiger partial charge in [0.05, 0.1) is 0 Å². The number of carbonyl (C=O) groups is 2. The van der Waals surface area contributed by atoms with E-state index in [4.69, 9.17) is 5.11 Å². The van der Waals surface area contributed by atoms with E-state index < -0.39 is 5.97 Å². The van der Waals surface area contributed by atoms with E-state index in [0.717, 1.165) is 13.1 Å². The summed E-state index contributed by atoms with van der Waals surface area (Å²) in [5.74, 6) is -0.838. The number of carboxylic acids is 1. The second kappa shape index (κ2) is 26.8. The van der Waals surface area contributed by atoms with Gasteiger partial charge in [0.1, 0.15) is 0 Å². The van der Waals surface area contributed by atoms with E-state index >= 15 is 0 Å². The number of nitrogens with zero attached hydrogens (tertiary/aromatic N) is 2. The molecule has 209 valence electrons. The Morgan fingerprint density at radius 3 is 1.43 bits per heavy atom. The van der Waals surface area contributed by atoms with Crippen molar-refractivity contribution in [2.45, 2.75) is 102 Å². The van der Waals surface area contributed by atoms with Crippen LogP contribution >= 0.6 is 7.92 Å². The van der Waals surface area contributed by atoms with Gasteiger partial charge in [0.2, 0.25) is 0 Å². The van der Waals surface area contributed by atoms with Gasteiger partial charge in [-0.05, 0) is 84.4 Å². The molecule has 0 atom stereocenters. The van der Waals surface area contributed by atoms with Crippen molar-refractivity contribution < 1.29 is 31.2 Å². The molecule has 0 aromatic rings. The molecule has 2 aliphatic rings. The number of aliphatic carboxylic acids is 1. The Kier molecular flexibility index (Phi) is 30.0. The Labute approximate surface area is 229 Å². The second-order valence-corrected chi connectivity index (χ2v) is 12.8. The third-order valence-corrected chi connectivity index (χ3v) is 9.94. The zero-order valence-corrected chi connectivity index (χ0v) is 25.6. The summed E-state index contributed by atoms with van der Waals surface area (Å²) in [6, 6.07) is 0. The van der Waals surface area contributed by atoms with Crippen LogP contribution < -0.4 is 0 Å². The standard InChI is InChI=1S/C15H29P.C6H16N2.C4H6O.C3H5O2.Ni/c1-2-13-16(14-9-5-3-6-10-14)15-11-7-4-8-12-15;1-7(2)5-6-8(3)4;1-3-4(2)5;1-2-3(4)5;/h14-15H,2-13H2,1H3;5-6H2,1-4H3;3H,1H2,2H3;1-2H2,(H,4,5);/q;;;-1;+3. The molecule has 0 unspecified atom stereocenters. The Balaban J connectivity index is -0.000000455. The third kappa shape index (κ3) is 26.6. The quantitative estimate of drug-likeness (QED) is 0.148. The van der Waals surface area contributed by atoms with E-state index in [9.17, 15) is 9.59 Å². The Morgan fingerprint density at radius 1 is 0.914 bits per heavy atom. The first-order chi connectivity index (χ1) is 16.1. The monoisotopic (exact) mass is 557 g/mol. The number of likely N-dealkylation sites (N-methyl/N-ethyl adjacent to an activating group) is 2. The zero-order chi connectivity index (χ0) is 26.4. The van der Waals surface area contributed by atoms with Crippen molar-refractivity contribution in [3.63, 3.8) is 0 Å². The van der Waals surface area contributed by atoms with E-state index in [0.29, 0.717) is 7.92 Å². The Bertz CT molecular complexity index is 480. The van der Waals surface area contributed by atoms with Gasteiger partial charge in [-0.1, -0.05) is 64.9 Å². The third-order valence-electron chi connectivity index (χ3n) is 6.06. The van der Waals surface area contributed by atoms with Crippen LogP contribution in [0.4, 0.5) is 0 Å². The van der Waals surface area contributed by atoms with Gasteiger partial charge in [0, 0.05) is 13.1 Å². The Hall–Kier alpha value is -0.276. The van der Waals surface area contributed by atoms with Crippen LogP contribution in [0.3, 0.4) is 0 Å². The number of carbonyl (C=O) groups excluding carboxylic acids is 1. The maximum absolute atomic E-state index is 9.69. The fraction of sp³-hybridized carbons (Fsp3) is 0.821. The molecular formula is C28H56N2NiO3P+2. The second-order valence-electron chi connectivity index (χ2n) is 9.89. The fourth-order valence-corrected chi connectivity index (χ4v) is 8.05. The smallest absolute Gasteiger partial charge is 0.483 e. The maximum atomic E-state index is 9.69. The fourth-order valence-electron chi connectivity index (χ4n) is 4.15. The predicted octanol–water partition coefficient (Wildman–Crippen LogP) is 6.71. The summed E-state index contributed by atoms with van der Waals surface area (Å²) in [7, 11) is 8.75. The van der Waals surface area contributed by atoms with E-state index in [1.165, 1.54) is 43.6 Å². The van der Waals surface area contributed by atoms with Gasteiger partial charge in [0.15, 0.2) is 5.78 Å². The van der Waals surface area contributed by atoms with Crippen molar-refractivity contribution in [1.82, 2.24) is 9.80 Å². The van der Waals surface area contributed by atoms with E-state index in [1.54, 1.807) is 57.5 Å². The number of allylic oxidation sites excluding steroid dienone is 1. The molecule has 35 heavy (non-hydrogen) atoms. The van der Waals surface area contributed by atoms with Crippen LogP contribution in [0.1, 0.15) is 90.9 Å². The number of hydrogen-bond acceptors (Lipinski definition) is 4. The topological polar surface area (TPSA) is 60.9 Å². The van der Waals surface area contributed by atoms with Gasteiger partial charge in [-0.2, -0.15) is 0 Å². The largest absolute Gasteiger partial charge is 3.00 e. The van der Waals surface area contributed by atoms with Gasteiger partial charge in [0.25, 0.3) is 5.97 Å². The first-order valence-corrected chi connectivity index (χ1v) is 14.9. The van der Waals surface area contributed by atoms with Gasteiger partial charge >= 0.3 is 16.5 Å². The van der Waals surface area contributed by atoms with Crippen molar-refractivity contribution >= 4 is 19.7 Å². The molecule has 0 spiro atoms. The number of carboxylic acid groups (broad SMARTS) is 1. The average Bonchev–Trinajstić information content (AvgIpc) is 2.83. The minimum absolute atomic E-state index is 0. The normalized spacial score (nSPS) is 16.1. The molecule has 2 aliphatic carbocycles. The van der Waals surface area contributed by atoms with Crippen molar-refractivity contribution in [1.29, 1.82) is 0 Å². The first kappa shape index (κ1) is 39.2. The van der Waals surface area contributed by atoms with E-state index in [2.05, 4.69) is 58.4 Å². The molecule has 1 radical (unpaired) electrons. The van der Waals surface area contributed by atoms with Crippen LogP contribution in [0.2, 0.25) is 0 Å². The maximum Gasteiger partial charge on any atom is 3.00 e. The summed E-state index contributed by atoms with van der Waals surface area (Å²) >= 11 is 0. The Morgan fingerprint density at radius 2 is 1.23 bits per heavy atom. The summed E-state index contributed by atoms with van der Waals surface area (Å²) in [5, 5.41) is 7.66. The van der Waals surface area contributed by atoms with Crippen molar-refractivity contribution in [2.75, 3.05) is 47.4 Å². The summed E-state index contributed by atoms with van der Waals surface area (Å²) in [4.78, 5) is 23.4. The van der Waals surface area contributed by atoms with Crippen LogP contribution in [-0.4, -0.2) is 85.4 Å². The zero-order valence-electron chi connectivity index (χ0n) is 23.7. The molecule has 1 N–H and O–H groups in total. The van der Waals surface area contributed by atoms with Gasteiger partial charge < -0.3 is 21.8 Å². The molecule has 2 rings (SSSR count). The van der Waals surface area contributed by atoms with Crippen molar-refractivity contribution in [2.24, 2.45) is 0 Å². The summed E-state index contributed by atoms with van der Waals surface area (Å²) in [6.45, 7) is 12.5. The molecule has 7 heteroatoms. The molecule has 0 aliphatic heterocycles. The number of rotatable bonds is 9. The number of hydrogen-bond donors (Lipinski definition) is 1. The van der Waals surface area contributed by atoms with Crippen molar-refractivity contribution in [3.8, 4) is 0 Å². The van der Waals surface area contributed by atoms with Crippen molar-refractivity contribution in [3.05, 3.63) is 19.6 Å². The predicted molar refractivity (Wildman–Crippen MR) is 151 cm³/mol. The van der Waals surface area contributed by atoms with Crippen LogP contribution in [0, 0.1) is 6.92 Å². The molecule has 0 aromatic carbocycles. The molecule has 0 aromatic heterocycles. The van der Waals surface area contributed by atoms with E-state index in [-0.39, 0.29) is 28.7 Å². The minimum Gasteiger partial charge on any atom is -0.483 e. The molecule has 0 amide bonds. The molecule has 5 nitrogen and oxygen atoms in total. The molecule has 2 saturated carbocycles. The van der Waals surface area contributed by atoms with Crippen LogP contribution in [0.5, 0.6) is 0 Å². The first-order valence-electron chi connectivity index (χ1n) is 13.3. The van der Waals surface area contributed by atoms with Crippen LogP contribution in [0.15, 0.2) is 12.7 Å². The van der Waals surface area contributed by atoms with Gasteiger partial charge in [-0.15, -0.1) is 7.92 Å². The molecule has 0 saturated heterocycles. The number of ketones is 1. The molecular weight excluding hydrogens is 502 g/mol. The summed E-state index contributed by atoms with van der Waals surface area (Å²) < 4.78 is 0.